The lowest BCUT2D eigenvalue weighted by Crippen LogP contribution is -2.48. The zero-order valence-electron chi connectivity index (χ0n) is 21.3. The van der Waals surface area contributed by atoms with Crippen molar-refractivity contribution in [2.75, 3.05) is 36.4 Å². The largest absolute Gasteiger partial charge is 0.363 e. The number of hydrogen-bond donors (Lipinski definition) is 1. The van der Waals surface area contributed by atoms with E-state index in [-0.39, 0.29) is 24.0 Å². The van der Waals surface area contributed by atoms with E-state index in [9.17, 15) is 9.59 Å². The van der Waals surface area contributed by atoms with Crippen LogP contribution in [0.5, 0.6) is 0 Å². The summed E-state index contributed by atoms with van der Waals surface area (Å²) in [6.45, 7) is 11.3. The van der Waals surface area contributed by atoms with E-state index >= 15 is 0 Å². The quantitative estimate of drug-likeness (QED) is 0.641. The first-order valence-corrected chi connectivity index (χ1v) is 12.9. The number of fused-ring (bicyclic) bond motifs is 2. The van der Waals surface area contributed by atoms with Crippen molar-refractivity contribution in [3.8, 4) is 0 Å². The molecule has 8 nitrogen and oxygen atoms in total. The SMILES string of the molecule is CC(=O)N1CCN(c2nc(NC(C)c3ccc4c(c3)CCC4)c3c(n2)[C@H](C=O)N(C(C)C)C3)CC1. The number of carbonyl (C=O) groups is 2. The Morgan fingerprint density at radius 1 is 1.09 bits per heavy atom. The molecule has 0 spiro atoms. The molecule has 1 aliphatic carbocycles. The Morgan fingerprint density at radius 3 is 2.51 bits per heavy atom. The van der Waals surface area contributed by atoms with Crippen LogP contribution in [-0.2, 0) is 29.0 Å². The molecule has 8 heteroatoms. The number of aromatic nitrogens is 2. The van der Waals surface area contributed by atoms with Crippen molar-refractivity contribution < 1.29 is 9.59 Å². The van der Waals surface area contributed by atoms with Gasteiger partial charge in [-0.15, -0.1) is 0 Å². The summed E-state index contributed by atoms with van der Waals surface area (Å²) < 4.78 is 0. The first-order chi connectivity index (χ1) is 16.9. The van der Waals surface area contributed by atoms with Crippen LogP contribution in [0.25, 0.3) is 0 Å². The fraction of sp³-hybridized carbons (Fsp3) is 0.556. The zero-order chi connectivity index (χ0) is 24.7. The Bertz CT molecular complexity index is 1120. The third kappa shape index (κ3) is 4.51. The third-order valence-electron chi connectivity index (χ3n) is 7.78. The third-order valence-corrected chi connectivity index (χ3v) is 7.78. The van der Waals surface area contributed by atoms with Gasteiger partial charge in [0.1, 0.15) is 18.1 Å². The molecule has 2 aromatic rings. The van der Waals surface area contributed by atoms with Gasteiger partial charge in [-0.1, -0.05) is 18.2 Å². The highest BCUT2D eigenvalue weighted by molar-refractivity contribution is 5.73. The van der Waals surface area contributed by atoms with Gasteiger partial charge in [0.2, 0.25) is 11.9 Å². The van der Waals surface area contributed by atoms with E-state index < -0.39 is 0 Å². The average Bonchev–Trinajstić information content (AvgIpc) is 3.48. The minimum Gasteiger partial charge on any atom is -0.363 e. The Labute approximate surface area is 207 Å². The Balaban J connectivity index is 1.47. The first kappa shape index (κ1) is 23.7. The van der Waals surface area contributed by atoms with E-state index in [1.807, 2.05) is 4.90 Å². The number of nitrogens with one attached hydrogen (secondary N) is 1. The fourth-order valence-electron chi connectivity index (χ4n) is 5.61. The van der Waals surface area contributed by atoms with E-state index in [4.69, 9.17) is 9.97 Å². The second-order valence-electron chi connectivity index (χ2n) is 10.3. The lowest BCUT2D eigenvalue weighted by Gasteiger charge is -2.34. The molecule has 186 valence electrons. The van der Waals surface area contributed by atoms with E-state index in [0.29, 0.717) is 38.7 Å². The molecule has 1 fully saturated rings. The molecule has 1 aromatic heterocycles. The summed E-state index contributed by atoms with van der Waals surface area (Å²) in [6.07, 6.45) is 4.57. The summed E-state index contributed by atoms with van der Waals surface area (Å²) in [5.41, 5.74) is 5.99. The predicted octanol–water partition coefficient (Wildman–Crippen LogP) is 3.27. The maximum absolute atomic E-state index is 12.2. The number of aryl methyl sites for hydroxylation is 2. The van der Waals surface area contributed by atoms with Crippen LogP contribution in [0, 0.1) is 0 Å². The van der Waals surface area contributed by atoms with Gasteiger partial charge in [-0.25, -0.2) is 4.98 Å². The molecule has 35 heavy (non-hydrogen) atoms. The number of nitrogens with zero attached hydrogens (tertiary/aromatic N) is 5. The van der Waals surface area contributed by atoms with Gasteiger partial charge in [0.05, 0.1) is 5.69 Å². The van der Waals surface area contributed by atoms with E-state index in [0.717, 1.165) is 29.8 Å². The van der Waals surface area contributed by atoms with Crippen LogP contribution >= 0.6 is 0 Å². The molecule has 1 N–H and O–H groups in total. The van der Waals surface area contributed by atoms with Crippen molar-refractivity contribution in [3.63, 3.8) is 0 Å². The average molecular weight is 477 g/mol. The number of benzene rings is 1. The van der Waals surface area contributed by atoms with Crippen molar-refractivity contribution in [2.45, 2.75) is 71.6 Å². The van der Waals surface area contributed by atoms with Gasteiger partial charge in [-0.05, 0) is 56.7 Å². The molecule has 0 bridgehead atoms. The summed E-state index contributed by atoms with van der Waals surface area (Å²) in [6, 6.07) is 6.73. The minimum atomic E-state index is -0.374. The lowest BCUT2D eigenvalue weighted by molar-refractivity contribution is -0.129. The van der Waals surface area contributed by atoms with Crippen LogP contribution < -0.4 is 10.2 Å². The van der Waals surface area contributed by atoms with Crippen molar-refractivity contribution in [3.05, 3.63) is 46.1 Å². The van der Waals surface area contributed by atoms with E-state index in [1.54, 1.807) is 6.92 Å². The second-order valence-corrected chi connectivity index (χ2v) is 10.3. The van der Waals surface area contributed by atoms with Crippen LogP contribution in [0.4, 0.5) is 11.8 Å². The van der Waals surface area contributed by atoms with Gasteiger partial charge >= 0.3 is 0 Å². The van der Waals surface area contributed by atoms with Gasteiger partial charge in [-0.3, -0.25) is 9.69 Å². The molecule has 5 rings (SSSR count). The summed E-state index contributed by atoms with van der Waals surface area (Å²) in [5, 5.41) is 3.68. The van der Waals surface area contributed by atoms with Gasteiger partial charge in [0, 0.05) is 57.3 Å². The molecule has 1 unspecified atom stereocenters. The number of anilines is 2. The highest BCUT2D eigenvalue weighted by Gasteiger charge is 2.37. The zero-order valence-corrected chi connectivity index (χ0v) is 21.3. The second kappa shape index (κ2) is 9.57. The monoisotopic (exact) mass is 476 g/mol. The highest BCUT2D eigenvalue weighted by atomic mass is 16.2. The smallest absolute Gasteiger partial charge is 0.227 e. The van der Waals surface area contributed by atoms with Gasteiger partial charge in [0.25, 0.3) is 0 Å². The minimum absolute atomic E-state index is 0.0742. The maximum Gasteiger partial charge on any atom is 0.227 e. The molecule has 3 heterocycles. The first-order valence-electron chi connectivity index (χ1n) is 12.9. The molecule has 1 saturated heterocycles. The number of carbonyl (C=O) groups excluding carboxylic acids is 2. The number of amides is 1. The Hall–Kier alpha value is -3.00. The Kier molecular flexibility index (Phi) is 6.49. The number of aldehydes is 1. The van der Waals surface area contributed by atoms with Gasteiger partial charge in [0.15, 0.2) is 0 Å². The molecule has 0 radical (unpaired) electrons. The van der Waals surface area contributed by atoms with Crippen LogP contribution in [-0.4, -0.2) is 64.2 Å². The summed E-state index contributed by atoms with van der Waals surface area (Å²) in [4.78, 5) is 40.0. The van der Waals surface area contributed by atoms with Crippen LogP contribution in [0.15, 0.2) is 18.2 Å². The standard InChI is InChI=1S/C27H36N6O2/c1-17(2)33-15-23-25(24(33)16-34)29-27(32-12-10-31(11-13-32)19(4)35)30-26(23)28-18(3)21-9-8-20-6-5-7-22(20)14-21/h8-9,14,16-18,24H,5-7,10-13,15H2,1-4H3,(H,28,29,30)/t18?,24-/m0/s1. The lowest BCUT2D eigenvalue weighted by atomic mass is 10.0. The molecule has 1 amide bonds. The van der Waals surface area contributed by atoms with Crippen molar-refractivity contribution >= 4 is 24.0 Å². The number of piperazine rings is 1. The van der Waals surface area contributed by atoms with Crippen molar-refractivity contribution in [1.82, 2.24) is 19.8 Å². The molecule has 3 aliphatic rings. The molecular weight excluding hydrogens is 440 g/mol. The molecular formula is C27H36N6O2. The number of rotatable bonds is 6. The van der Waals surface area contributed by atoms with Crippen LogP contribution in [0.1, 0.15) is 74.1 Å². The highest BCUT2D eigenvalue weighted by Crippen LogP contribution is 2.38. The summed E-state index contributed by atoms with van der Waals surface area (Å²) in [5.74, 6) is 1.54. The summed E-state index contributed by atoms with van der Waals surface area (Å²) >= 11 is 0. The van der Waals surface area contributed by atoms with Crippen molar-refractivity contribution in [2.24, 2.45) is 0 Å². The predicted molar refractivity (Wildman–Crippen MR) is 136 cm³/mol. The summed E-state index contributed by atoms with van der Waals surface area (Å²) in [7, 11) is 0. The Morgan fingerprint density at radius 2 is 1.83 bits per heavy atom. The number of hydrogen-bond acceptors (Lipinski definition) is 7. The maximum atomic E-state index is 12.2. The molecule has 0 saturated carbocycles. The normalized spacial score (nSPS) is 20.7. The van der Waals surface area contributed by atoms with E-state index in [2.05, 4.69) is 54.1 Å². The van der Waals surface area contributed by atoms with Crippen LogP contribution in [0.3, 0.4) is 0 Å². The van der Waals surface area contributed by atoms with Gasteiger partial charge < -0.3 is 19.9 Å². The van der Waals surface area contributed by atoms with Gasteiger partial charge in [-0.2, -0.15) is 4.98 Å². The molecule has 1 aromatic carbocycles. The van der Waals surface area contributed by atoms with Crippen LogP contribution in [0.2, 0.25) is 0 Å². The fourth-order valence-corrected chi connectivity index (χ4v) is 5.61. The van der Waals surface area contributed by atoms with E-state index in [1.165, 1.54) is 29.5 Å². The molecule has 2 atom stereocenters. The molecule has 2 aliphatic heterocycles. The van der Waals surface area contributed by atoms with Crippen molar-refractivity contribution in [1.29, 1.82) is 0 Å². The topological polar surface area (TPSA) is 81.7 Å².